The molecule has 3 rings (SSSR count). The first-order valence-corrected chi connectivity index (χ1v) is 5.19. The molecule has 1 N–H and O–H groups in total. The fraction of sp³-hybridized carbons (Fsp3) is 0.417. The zero-order valence-corrected chi connectivity index (χ0v) is 7.98. The molecule has 0 bridgehead atoms. The summed E-state index contributed by atoms with van der Waals surface area (Å²) < 4.78 is 0. The van der Waals surface area contributed by atoms with Crippen LogP contribution < -0.4 is 0 Å². The van der Waals surface area contributed by atoms with E-state index in [4.69, 9.17) is 0 Å². The summed E-state index contributed by atoms with van der Waals surface area (Å²) in [6.45, 7) is 0. The molecule has 0 radical (unpaired) electrons. The Hall–Kier alpha value is -1.15. The van der Waals surface area contributed by atoms with Gasteiger partial charge in [-0.1, -0.05) is 18.2 Å². The van der Waals surface area contributed by atoms with Crippen LogP contribution in [0.25, 0.3) is 0 Å². The lowest BCUT2D eigenvalue weighted by Gasteiger charge is -2.19. The number of nitrogens with zero attached hydrogens (tertiary/aromatic N) is 1. The molecule has 2 unspecified atom stereocenters. The van der Waals surface area contributed by atoms with E-state index in [1.165, 1.54) is 5.56 Å². The molecule has 14 heavy (non-hydrogen) atoms. The van der Waals surface area contributed by atoms with Crippen LogP contribution in [0, 0.1) is 5.92 Å². The van der Waals surface area contributed by atoms with Gasteiger partial charge < -0.3 is 5.11 Å². The number of hydrogen-bond donors (Lipinski definition) is 1. The van der Waals surface area contributed by atoms with Crippen molar-refractivity contribution in [3.8, 4) is 0 Å². The molecule has 0 spiro atoms. The summed E-state index contributed by atoms with van der Waals surface area (Å²) in [5, 5.41) is 9.72. The number of fused-ring (bicyclic) bond motifs is 2. The SMILES string of the molecule is OC1CCC2Cc3ccccc3N=C12. The average molecular weight is 187 g/mol. The Morgan fingerprint density at radius 2 is 2.07 bits per heavy atom. The number of para-hydroxylation sites is 1. The highest BCUT2D eigenvalue weighted by Crippen LogP contribution is 2.35. The number of benzene rings is 1. The van der Waals surface area contributed by atoms with Crippen LogP contribution >= 0.6 is 0 Å². The van der Waals surface area contributed by atoms with Gasteiger partial charge in [0.15, 0.2) is 0 Å². The quantitative estimate of drug-likeness (QED) is 0.662. The predicted octanol–water partition coefficient (Wildman–Crippen LogP) is 2.09. The van der Waals surface area contributed by atoms with Crippen molar-refractivity contribution in [1.29, 1.82) is 0 Å². The molecule has 1 heterocycles. The molecule has 2 heteroatoms. The summed E-state index contributed by atoms with van der Waals surface area (Å²) >= 11 is 0. The van der Waals surface area contributed by atoms with Crippen LogP contribution in [0.4, 0.5) is 5.69 Å². The molecule has 0 saturated heterocycles. The van der Waals surface area contributed by atoms with Crippen LogP contribution in [0.5, 0.6) is 0 Å². The highest BCUT2D eigenvalue weighted by Gasteiger charge is 2.33. The maximum absolute atomic E-state index is 9.72. The molecule has 72 valence electrons. The average Bonchev–Trinajstić information content (AvgIpc) is 2.57. The van der Waals surface area contributed by atoms with Gasteiger partial charge >= 0.3 is 0 Å². The molecule has 1 aliphatic carbocycles. The standard InChI is InChI=1S/C12H13NO/c14-11-6-5-9-7-8-3-1-2-4-10(8)13-12(9)11/h1-4,9,11,14H,5-7H2. The topological polar surface area (TPSA) is 32.6 Å². The highest BCUT2D eigenvalue weighted by atomic mass is 16.3. The van der Waals surface area contributed by atoms with Crippen molar-refractivity contribution in [2.45, 2.75) is 25.4 Å². The van der Waals surface area contributed by atoms with Gasteiger partial charge in [0.1, 0.15) is 0 Å². The molecule has 1 aromatic carbocycles. The van der Waals surface area contributed by atoms with Crippen molar-refractivity contribution in [2.75, 3.05) is 0 Å². The minimum Gasteiger partial charge on any atom is -0.387 e. The third-order valence-corrected chi connectivity index (χ3v) is 3.26. The molecule has 1 aliphatic heterocycles. The normalized spacial score (nSPS) is 29.4. The minimum atomic E-state index is -0.284. The fourth-order valence-electron chi connectivity index (χ4n) is 2.50. The summed E-state index contributed by atoms with van der Waals surface area (Å²) in [5.41, 5.74) is 3.40. The van der Waals surface area contributed by atoms with Gasteiger partial charge in [0, 0.05) is 5.92 Å². The van der Waals surface area contributed by atoms with Crippen LogP contribution in [-0.4, -0.2) is 16.9 Å². The van der Waals surface area contributed by atoms with E-state index < -0.39 is 0 Å². The summed E-state index contributed by atoms with van der Waals surface area (Å²) in [6, 6.07) is 8.24. The van der Waals surface area contributed by atoms with E-state index in [-0.39, 0.29) is 6.10 Å². The van der Waals surface area contributed by atoms with E-state index >= 15 is 0 Å². The lowest BCUT2D eigenvalue weighted by Crippen LogP contribution is -2.22. The van der Waals surface area contributed by atoms with E-state index in [9.17, 15) is 5.11 Å². The van der Waals surface area contributed by atoms with Gasteiger partial charge in [-0.3, -0.25) is 4.99 Å². The van der Waals surface area contributed by atoms with Gasteiger partial charge in [-0.05, 0) is 30.9 Å². The molecular formula is C12H13NO. The Bertz CT molecular complexity index is 397. The lowest BCUT2D eigenvalue weighted by atomic mass is 9.92. The molecule has 2 atom stereocenters. The van der Waals surface area contributed by atoms with Crippen LogP contribution in [0.2, 0.25) is 0 Å². The third-order valence-electron chi connectivity index (χ3n) is 3.26. The highest BCUT2D eigenvalue weighted by molar-refractivity contribution is 5.96. The molecular weight excluding hydrogens is 174 g/mol. The van der Waals surface area contributed by atoms with Crippen LogP contribution in [-0.2, 0) is 6.42 Å². The first kappa shape index (κ1) is 8.18. The Labute approximate surface area is 83.3 Å². The second-order valence-corrected chi connectivity index (χ2v) is 4.16. The van der Waals surface area contributed by atoms with Crippen LogP contribution in [0.3, 0.4) is 0 Å². The van der Waals surface area contributed by atoms with Gasteiger partial charge in [0.25, 0.3) is 0 Å². The van der Waals surface area contributed by atoms with Gasteiger partial charge in [0.05, 0.1) is 17.5 Å². The van der Waals surface area contributed by atoms with Crippen LogP contribution in [0.15, 0.2) is 29.3 Å². The molecule has 2 aliphatic rings. The number of aliphatic imine (C=N–C) groups is 1. The number of aliphatic hydroxyl groups is 1. The summed E-state index contributed by atoms with van der Waals surface area (Å²) in [6.07, 6.45) is 2.76. The molecule has 1 saturated carbocycles. The Balaban J connectivity index is 2.09. The maximum Gasteiger partial charge on any atom is 0.0924 e. The van der Waals surface area contributed by atoms with Crippen LogP contribution in [0.1, 0.15) is 18.4 Å². The van der Waals surface area contributed by atoms with Gasteiger partial charge in [-0.15, -0.1) is 0 Å². The van der Waals surface area contributed by atoms with Crippen molar-refractivity contribution >= 4 is 11.4 Å². The third kappa shape index (κ3) is 1.11. The van der Waals surface area contributed by atoms with Gasteiger partial charge in [-0.2, -0.15) is 0 Å². The number of aliphatic hydroxyl groups excluding tert-OH is 1. The Morgan fingerprint density at radius 3 is 3.00 bits per heavy atom. The van der Waals surface area contributed by atoms with Gasteiger partial charge in [-0.25, -0.2) is 0 Å². The van der Waals surface area contributed by atoms with Crippen molar-refractivity contribution in [3.05, 3.63) is 29.8 Å². The fourth-order valence-corrected chi connectivity index (χ4v) is 2.50. The smallest absolute Gasteiger partial charge is 0.0924 e. The van der Waals surface area contributed by atoms with E-state index in [1.54, 1.807) is 0 Å². The molecule has 1 fully saturated rings. The van der Waals surface area contributed by atoms with Crippen molar-refractivity contribution < 1.29 is 5.11 Å². The van der Waals surface area contributed by atoms with E-state index in [0.717, 1.165) is 30.7 Å². The molecule has 0 amide bonds. The summed E-state index contributed by atoms with van der Waals surface area (Å²) in [7, 11) is 0. The first-order valence-electron chi connectivity index (χ1n) is 5.19. The Morgan fingerprint density at radius 1 is 1.21 bits per heavy atom. The minimum absolute atomic E-state index is 0.284. The van der Waals surface area contributed by atoms with E-state index in [2.05, 4.69) is 17.1 Å². The summed E-state index contributed by atoms with van der Waals surface area (Å²) in [5.74, 6) is 0.500. The van der Waals surface area contributed by atoms with E-state index in [1.807, 2.05) is 12.1 Å². The zero-order chi connectivity index (χ0) is 9.54. The lowest BCUT2D eigenvalue weighted by molar-refractivity contribution is 0.242. The Kier molecular flexibility index (Phi) is 1.71. The van der Waals surface area contributed by atoms with Crippen molar-refractivity contribution in [3.63, 3.8) is 0 Å². The number of hydrogen-bond acceptors (Lipinski definition) is 2. The maximum atomic E-state index is 9.72. The predicted molar refractivity (Wildman–Crippen MR) is 56.0 cm³/mol. The molecule has 0 aromatic heterocycles. The molecule has 1 aromatic rings. The second kappa shape index (κ2) is 2.92. The van der Waals surface area contributed by atoms with Gasteiger partial charge in [0.2, 0.25) is 0 Å². The van der Waals surface area contributed by atoms with Crippen molar-refractivity contribution in [2.24, 2.45) is 10.9 Å². The zero-order valence-electron chi connectivity index (χ0n) is 7.98. The summed E-state index contributed by atoms with van der Waals surface area (Å²) in [4.78, 5) is 4.56. The number of rotatable bonds is 0. The monoisotopic (exact) mass is 187 g/mol. The largest absolute Gasteiger partial charge is 0.387 e. The second-order valence-electron chi connectivity index (χ2n) is 4.16. The van der Waals surface area contributed by atoms with E-state index in [0.29, 0.717) is 5.92 Å². The van der Waals surface area contributed by atoms with Crippen molar-refractivity contribution in [1.82, 2.24) is 0 Å². The first-order chi connectivity index (χ1) is 6.84. The molecule has 2 nitrogen and oxygen atoms in total.